The van der Waals surface area contributed by atoms with E-state index in [0.29, 0.717) is 0 Å². The van der Waals surface area contributed by atoms with Crippen LogP contribution in [-0.2, 0) is 19.7 Å². The lowest BCUT2D eigenvalue weighted by atomic mass is 9.87. The predicted octanol–water partition coefficient (Wildman–Crippen LogP) is -0.285. The normalized spacial score (nSPS) is 14.0. The van der Waals surface area contributed by atoms with Crippen LogP contribution in [0.2, 0.25) is 5.02 Å². The van der Waals surface area contributed by atoms with Crippen molar-refractivity contribution in [3.05, 3.63) is 22.7 Å². The van der Waals surface area contributed by atoms with Gasteiger partial charge in [-0.1, -0.05) is 11.6 Å². The smallest absolute Gasteiger partial charge is 0.298 e. The van der Waals surface area contributed by atoms with Crippen molar-refractivity contribution in [2.45, 2.75) is 30.2 Å². The molecular weight excluding hydrogens is 362 g/mol. The minimum Gasteiger partial charge on any atom is -0.506 e. The lowest BCUT2D eigenvalue weighted by Crippen LogP contribution is -2.45. The van der Waals surface area contributed by atoms with Crippen LogP contribution < -0.4 is 16.8 Å². The Kier molecular flexibility index (Phi) is 6.55. The number of aromatic hydroxyl groups is 1. The van der Waals surface area contributed by atoms with Gasteiger partial charge in [-0.3, -0.25) is 14.1 Å². The largest absolute Gasteiger partial charge is 0.506 e. The highest BCUT2D eigenvalue weighted by molar-refractivity contribution is 7.86. The maximum Gasteiger partial charge on any atom is 0.298 e. The SMILES string of the molecule is CCNC(=O)[C@@H](N)C(CC(N)=O)c1cc(Cl)cc(S(=O)(=O)O)c1O. The highest BCUT2D eigenvalue weighted by Gasteiger charge is 2.32. The van der Waals surface area contributed by atoms with Gasteiger partial charge in [-0.2, -0.15) is 8.42 Å². The second kappa shape index (κ2) is 7.79. The van der Waals surface area contributed by atoms with E-state index < -0.39 is 51.0 Å². The van der Waals surface area contributed by atoms with Gasteiger partial charge in [0, 0.05) is 29.5 Å². The first-order valence-electron chi connectivity index (χ1n) is 6.80. The minimum atomic E-state index is -4.79. The number of hydrogen-bond donors (Lipinski definition) is 5. The molecule has 11 heteroatoms. The fourth-order valence-electron chi connectivity index (χ4n) is 2.20. The van der Waals surface area contributed by atoms with Crippen LogP contribution in [0.5, 0.6) is 5.75 Å². The van der Waals surface area contributed by atoms with E-state index in [1.54, 1.807) is 6.92 Å². The number of hydrogen-bond acceptors (Lipinski definition) is 6. The van der Waals surface area contributed by atoms with Crippen LogP contribution in [0.25, 0.3) is 0 Å². The molecular formula is C13H18ClN3O6S. The van der Waals surface area contributed by atoms with Gasteiger partial charge >= 0.3 is 0 Å². The van der Waals surface area contributed by atoms with E-state index in [1.807, 2.05) is 0 Å². The fraction of sp³-hybridized carbons (Fsp3) is 0.385. The summed E-state index contributed by atoms with van der Waals surface area (Å²) in [5.74, 6) is -3.45. The van der Waals surface area contributed by atoms with Crippen molar-refractivity contribution in [1.82, 2.24) is 5.32 Å². The van der Waals surface area contributed by atoms with Gasteiger partial charge < -0.3 is 21.9 Å². The maximum absolute atomic E-state index is 11.9. The fourth-order valence-corrected chi connectivity index (χ4v) is 3.13. The predicted molar refractivity (Wildman–Crippen MR) is 86.1 cm³/mol. The van der Waals surface area contributed by atoms with Crippen LogP contribution >= 0.6 is 11.6 Å². The number of likely N-dealkylation sites (N-methyl/N-ethyl adjacent to an activating group) is 1. The van der Waals surface area contributed by atoms with Crippen molar-refractivity contribution in [2.24, 2.45) is 11.5 Å². The molecule has 1 unspecified atom stereocenters. The topological polar surface area (TPSA) is 173 Å². The zero-order chi connectivity index (χ0) is 18.7. The van der Waals surface area contributed by atoms with Crippen LogP contribution in [-0.4, -0.2) is 42.5 Å². The van der Waals surface area contributed by atoms with E-state index >= 15 is 0 Å². The molecule has 1 aromatic carbocycles. The Labute approximate surface area is 143 Å². The number of halogens is 1. The van der Waals surface area contributed by atoms with Crippen molar-refractivity contribution in [2.75, 3.05) is 6.54 Å². The zero-order valence-corrected chi connectivity index (χ0v) is 14.3. The number of benzene rings is 1. The molecule has 2 atom stereocenters. The first-order chi connectivity index (χ1) is 11.0. The molecule has 0 aromatic heterocycles. The number of carbonyl (C=O) groups excluding carboxylic acids is 2. The second-order valence-corrected chi connectivity index (χ2v) is 6.84. The molecule has 0 bridgehead atoms. The summed E-state index contributed by atoms with van der Waals surface area (Å²) in [5, 5.41) is 12.5. The third kappa shape index (κ3) is 4.81. The minimum absolute atomic E-state index is 0.145. The summed E-state index contributed by atoms with van der Waals surface area (Å²) in [6, 6.07) is 0.670. The van der Waals surface area contributed by atoms with Gasteiger partial charge in [-0.25, -0.2) is 0 Å². The second-order valence-electron chi connectivity index (χ2n) is 5.01. The third-order valence-corrected chi connectivity index (χ3v) is 4.34. The van der Waals surface area contributed by atoms with Crippen molar-refractivity contribution < 1.29 is 27.7 Å². The molecule has 24 heavy (non-hydrogen) atoms. The molecule has 0 saturated carbocycles. The number of nitrogens with two attached hydrogens (primary N) is 2. The Morgan fingerprint density at radius 1 is 1.38 bits per heavy atom. The molecule has 9 nitrogen and oxygen atoms in total. The number of nitrogens with one attached hydrogen (secondary N) is 1. The lowest BCUT2D eigenvalue weighted by Gasteiger charge is -2.24. The van der Waals surface area contributed by atoms with Gasteiger partial charge in [-0.05, 0) is 19.1 Å². The number of carbonyl (C=O) groups is 2. The van der Waals surface area contributed by atoms with Crippen LogP contribution in [0.1, 0.15) is 24.8 Å². The molecule has 1 rings (SSSR count). The van der Waals surface area contributed by atoms with Gasteiger partial charge in [0.25, 0.3) is 10.1 Å². The summed E-state index contributed by atoms with van der Waals surface area (Å²) < 4.78 is 31.9. The Morgan fingerprint density at radius 2 is 1.96 bits per heavy atom. The summed E-state index contributed by atoms with van der Waals surface area (Å²) in [5.41, 5.74) is 10.8. The summed E-state index contributed by atoms with van der Waals surface area (Å²) in [4.78, 5) is 22.4. The van der Waals surface area contributed by atoms with E-state index in [1.165, 1.54) is 0 Å². The van der Waals surface area contributed by atoms with Gasteiger partial charge in [0.1, 0.15) is 10.6 Å². The third-order valence-electron chi connectivity index (χ3n) is 3.25. The quantitative estimate of drug-likeness (QED) is 0.405. The molecule has 0 aliphatic heterocycles. The number of amides is 2. The lowest BCUT2D eigenvalue weighted by molar-refractivity contribution is -0.123. The number of phenolic OH excluding ortho intramolecular Hbond substituents is 1. The van der Waals surface area contributed by atoms with Gasteiger partial charge in [0.15, 0.2) is 0 Å². The molecule has 2 amide bonds. The van der Waals surface area contributed by atoms with Crippen LogP contribution in [0.4, 0.5) is 0 Å². The molecule has 0 aliphatic carbocycles. The molecule has 1 aromatic rings. The summed E-state index contributed by atoms with van der Waals surface area (Å²) in [6.07, 6.45) is -0.447. The number of rotatable bonds is 7. The Balaban J connectivity index is 3.51. The van der Waals surface area contributed by atoms with E-state index in [-0.39, 0.29) is 17.1 Å². The van der Waals surface area contributed by atoms with Crippen LogP contribution in [0.3, 0.4) is 0 Å². The molecule has 7 N–H and O–H groups in total. The average Bonchev–Trinajstić information content (AvgIpc) is 2.45. The first-order valence-corrected chi connectivity index (χ1v) is 8.62. The van der Waals surface area contributed by atoms with E-state index in [2.05, 4.69) is 5.32 Å². The Hall–Kier alpha value is -1.88. The maximum atomic E-state index is 11.9. The van der Waals surface area contributed by atoms with Gasteiger partial charge in [0.2, 0.25) is 11.8 Å². The molecule has 0 aliphatic rings. The van der Waals surface area contributed by atoms with E-state index in [9.17, 15) is 23.1 Å². The average molecular weight is 380 g/mol. The first kappa shape index (κ1) is 20.2. The summed E-state index contributed by atoms with van der Waals surface area (Å²) in [6.45, 7) is 1.93. The van der Waals surface area contributed by atoms with Crippen LogP contribution in [0.15, 0.2) is 17.0 Å². The molecule has 0 fully saturated rings. The van der Waals surface area contributed by atoms with Crippen molar-refractivity contribution >= 4 is 33.5 Å². The van der Waals surface area contributed by atoms with Gasteiger partial charge in [-0.15, -0.1) is 0 Å². The highest BCUT2D eigenvalue weighted by atomic mass is 35.5. The van der Waals surface area contributed by atoms with Crippen molar-refractivity contribution in [1.29, 1.82) is 0 Å². The standard InChI is InChI=1S/C13H18ClN3O6S/c1-2-17-13(20)11(16)7(5-10(15)18)8-3-6(14)4-9(12(8)19)24(21,22)23/h3-4,7,11,19H,2,5,16H2,1H3,(H2,15,18)(H,17,20)(H,21,22,23)/t7?,11-/m0/s1. The number of phenols is 1. The molecule has 0 radical (unpaired) electrons. The van der Waals surface area contributed by atoms with Gasteiger partial charge in [0.05, 0.1) is 6.04 Å². The van der Waals surface area contributed by atoms with Crippen molar-refractivity contribution in [3.8, 4) is 5.75 Å². The Bertz CT molecular complexity index is 752. The summed E-state index contributed by atoms with van der Waals surface area (Å²) in [7, 11) is -4.79. The number of primary amides is 1. The highest BCUT2D eigenvalue weighted by Crippen LogP contribution is 2.37. The van der Waals surface area contributed by atoms with Crippen LogP contribution in [0, 0.1) is 0 Å². The van der Waals surface area contributed by atoms with E-state index in [4.69, 9.17) is 27.6 Å². The monoisotopic (exact) mass is 379 g/mol. The molecule has 0 saturated heterocycles. The molecule has 0 spiro atoms. The Morgan fingerprint density at radius 3 is 2.42 bits per heavy atom. The molecule has 134 valence electrons. The molecule has 0 heterocycles. The van der Waals surface area contributed by atoms with Crippen molar-refractivity contribution in [3.63, 3.8) is 0 Å². The zero-order valence-electron chi connectivity index (χ0n) is 12.7. The van der Waals surface area contributed by atoms with E-state index in [0.717, 1.165) is 12.1 Å². The summed E-state index contributed by atoms with van der Waals surface area (Å²) >= 11 is 5.81.